The molecule has 66 heavy (non-hydrogen) atoms. The minimum Gasteiger partial charge on any atom is -0.421 e. The number of ether oxygens (including phenoxy) is 2. The Morgan fingerprint density at radius 2 is 1.33 bits per heavy atom. The second kappa shape index (κ2) is 17.2. The van der Waals surface area contributed by atoms with Crippen molar-refractivity contribution >= 4 is 56.7 Å². The third-order valence-electron chi connectivity index (χ3n) is 12.2. The summed E-state index contributed by atoms with van der Waals surface area (Å²) in [7, 11) is 0. The number of nitrogens with zero attached hydrogens (tertiary/aromatic N) is 10. The Kier molecular flexibility index (Phi) is 11.1. The number of likely N-dealkylation sites (N-methyl/N-ethyl adjacent to an activating group) is 1. The Bertz CT molecular complexity index is 3070. The zero-order chi connectivity index (χ0) is 45.8. The summed E-state index contributed by atoms with van der Waals surface area (Å²) < 4.78 is 45.6. The van der Waals surface area contributed by atoms with Gasteiger partial charge in [0.1, 0.15) is 29.4 Å². The molecule has 2 fully saturated rings. The quantitative estimate of drug-likeness (QED) is 0.0607. The van der Waals surface area contributed by atoms with Crippen LogP contribution in [0.5, 0.6) is 23.5 Å². The number of hydrogen-bond acceptors (Lipinski definition) is 14. The van der Waals surface area contributed by atoms with Gasteiger partial charge < -0.3 is 45.0 Å². The number of nitrogens with one attached hydrogen (secondary N) is 5. The molecule has 2 aliphatic heterocycles. The molecule has 0 radical (unpaired) electrons. The summed E-state index contributed by atoms with van der Waals surface area (Å²) in [6, 6.07) is 17.6. The topological polar surface area (TPSA) is 202 Å². The lowest BCUT2D eigenvalue weighted by Gasteiger charge is -2.27. The lowest BCUT2D eigenvalue weighted by atomic mass is 10.2. The highest BCUT2D eigenvalue weighted by Gasteiger charge is 2.36. The highest BCUT2D eigenvalue weighted by Crippen LogP contribution is 2.38. The van der Waals surface area contributed by atoms with Crippen LogP contribution in [-0.4, -0.2) is 105 Å². The smallest absolute Gasteiger partial charge is 0.326 e. The maximum Gasteiger partial charge on any atom is 0.326 e. The monoisotopic (exact) mass is 899 g/mol. The summed E-state index contributed by atoms with van der Waals surface area (Å²) in [6.07, 6.45) is 0.0364. The standard InChI is InChI=1S/C46H51F2N15O3/c1-7-60(8-2)28-13-14-61(22-28)40-20-36(53-45(55-40)65-34-11-9-32-30(43(34)47)15-24(3)49-32)52-39-18-27(6)63(59-39)42-19-29(64)23-62(42)41-21-37(51-38-17-26(5)57-58-38)54-46(56-41)66-35-12-10-33-31(44(35)48)16-25(4)50-33/h9-12,15-18,20-21,28-29,42,49-50,64H,7-8,13-14,19,22-23H2,1-6H3,(H,52,53,55,59)(H2,51,54,56,57,58). The van der Waals surface area contributed by atoms with Crippen LogP contribution in [0.2, 0.25) is 0 Å². The van der Waals surface area contributed by atoms with Gasteiger partial charge in [-0.1, -0.05) is 13.8 Å². The van der Waals surface area contributed by atoms with Crippen molar-refractivity contribution in [2.75, 3.05) is 53.2 Å². The number of halogens is 2. The molecular formula is C46H51F2N15O3. The Hall–Kier alpha value is -7.32. The van der Waals surface area contributed by atoms with Crippen molar-refractivity contribution < 1.29 is 23.4 Å². The lowest BCUT2D eigenvalue weighted by Crippen LogP contribution is -2.37. The molecule has 2 aromatic carbocycles. The van der Waals surface area contributed by atoms with Crippen molar-refractivity contribution in [3.8, 4) is 23.5 Å². The molecule has 6 N–H and O–H groups in total. The number of fused-ring (bicyclic) bond motifs is 2. The van der Waals surface area contributed by atoms with Gasteiger partial charge in [0.05, 0.1) is 6.10 Å². The fourth-order valence-electron chi connectivity index (χ4n) is 9.14. The fourth-order valence-corrected chi connectivity index (χ4v) is 9.14. The van der Waals surface area contributed by atoms with E-state index in [1.807, 2.05) is 55.5 Å². The summed E-state index contributed by atoms with van der Waals surface area (Å²) in [5.41, 5.74) is 4.56. The van der Waals surface area contributed by atoms with E-state index in [2.05, 4.69) is 59.4 Å². The van der Waals surface area contributed by atoms with E-state index in [0.717, 1.165) is 55.4 Å². The normalized spacial score (nSPS) is 17.5. The van der Waals surface area contributed by atoms with Gasteiger partial charge in [0, 0.05) is 101 Å². The van der Waals surface area contributed by atoms with Crippen LogP contribution in [0.4, 0.5) is 43.7 Å². The summed E-state index contributed by atoms with van der Waals surface area (Å²) in [5, 5.41) is 30.8. The molecule has 342 valence electrons. The van der Waals surface area contributed by atoms with Crippen molar-refractivity contribution in [2.45, 2.75) is 72.7 Å². The second-order valence-electron chi connectivity index (χ2n) is 17.0. The molecule has 0 spiro atoms. The van der Waals surface area contributed by atoms with Crippen LogP contribution in [0.1, 0.15) is 55.6 Å². The number of rotatable bonds is 14. The molecule has 10 rings (SSSR count). The first-order valence-corrected chi connectivity index (χ1v) is 22.1. The maximum atomic E-state index is 15.8. The third-order valence-corrected chi connectivity index (χ3v) is 12.2. The van der Waals surface area contributed by atoms with Gasteiger partial charge in [-0.15, -0.1) is 0 Å². The average Bonchev–Trinajstić information content (AvgIpc) is 4.16. The van der Waals surface area contributed by atoms with Crippen LogP contribution in [-0.2, 0) is 0 Å². The number of aliphatic hydroxyl groups is 1. The molecule has 18 nitrogen and oxygen atoms in total. The predicted octanol–water partition coefficient (Wildman–Crippen LogP) is 8.42. The lowest BCUT2D eigenvalue weighted by molar-refractivity contribution is 0.188. The van der Waals surface area contributed by atoms with Gasteiger partial charge in [-0.25, -0.2) is 13.5 Å². The van der Waals surface area contributed by atoms with Crippen LogP contribution in [0.3, 0.4) is 0 Å². The third kappa shape index (κ3) is 8.39. The molecule has 3 atom stereocenters. The van der Waals surface area contributed by atoms with E-state index < -0.39 is 23.9 Å². The number of anilines is 6. The number of aliphatic hydroxyl groups excluding tert-OH is 1. The van der Waals surface area contributed by atoms with E-state index >= 15 is 8.78 Å². The van der Waals surface area contributed by atoms with Gasteiger partial charge in [0.15, 0.2) is 34.8 Å². The van der Waals surface area contributed by atoms with Crippen LogP contribution >= 0.6 is 0 Å². The van der Waals surface area contributed by atoms with Crippen molar-refractivity contribution in [1.29, 1.82) is 0 Å². The van der Waals surface area contributed by atoms with E-state index in [0.29, 0.717) is 69.2 Å². The number of β-amino-alcohol motifs (C(OH)–C–C–N with tert-alkyl or cyclic N) is 1. The molecule has 6 aromatic heterocycles. The van der Waals surface area contributed by atoms with Crippen molar-refractivity contribution in [3.63, 3.8) is 0 Å². The maximum absolute atomic E-state index is 15.8. The van der Waals surface area contributed by atoms with E-state index in [-0.39, 0.29) is 30.1 Å². The molecule has 8 aromatic rings. The van der Waals surface area contributed by atoms with Crippen LogP contribution in [0.15, 0.2) is 60.7 Å². The van der Waals surface area contributed by atoms with Crippen LogP contribution < -0.4 is 29.9 Å². The molecule has 20 heteroatoms. The van der Waals surface area contributed by atoms with Gasteiger partial charge in [-0.05, 0) is 83.6 Å². The summed E-state index contributed by atoms with van der Waals surface area (Å²) in [4.78, 5) is 31.7. The van der Waals surface area contributed by atoms with Crippen LogP contribution in [0.25, 0.3) is 21.8 Å². The second-order valence-corrected chi connectivity index (χ2v) is 17.0. The molecule has 3 unspecified atom stereocenters. The minimum absolute atomic E-state index is 0.00473. The number of benzene rings is 2. The highest BCUT2D eigenvalue weighted by molar-refractivity contribution is 5.83. The summed E-state index contributed by atoms with van der Waals surface area (Å²) in [5.74, 6) is 1.64. The summed E-state index contributed by atoms with van der Waals surface area (Å²) >= 11 is 0. The SMILES string of the molecule is CCN(CC)C1CCN(c2cc(Nc3cc(C)n(C4CC(O)CN4c4cc(Nc5cc(C)[nH]n5)nc(Oc5ccc6[nH]c(C)cc6c5F)n4)n3)nc(Oc3ccc4[nH]c(C)cc4c3F)n2)C1. The zero-order valence-corrected chi connectivity index (χ0v) is 37.4. The summed E-state index contributed by atoms with van der Waals surface area (Å²) in [6.45, 7) is 15.5. The van der Waals surface area contributed by atoms with E-state index in [9.17, 15) is 5.11 Å². The molecule has 0 saturated carbocycles. The van der Waals surface area contributed by atoms with Gasteiger partial charge in [0.25, 0.3) is 0 Å². The Balaban J connectivity index is 0.963. The number of aryl methyl sites for hydroxylation is 4. The zero-order valence-electron chi connectivity index (χ0n) is 37.4. The molecule has 2 aliphatic rings. The van der Waals surface area contributed by atoms with Crippen molar-refractivity contribution in [1.82, 2.24) is 54.8 Å². The molecule has 8 heterocycles. The minimum atomic E-state index is -0.740. The number of aromatic amines is 3. The highest BCUT2D eigenvalue weighted by atomic mass is 19.1. The molecule has 0 bridgehead atoms. The molecular weight excluding hydrogens is 849 g/mol. The molecule has 2 saturated heterocycles. The number of aromatic nitrogens is 10. The predicted molar refractivity (Wildman–Crippen MR) is 248 cm³/mol. The Morgan fingerprint density at radius 1 is 0.727 bits per heavy atom. The Labute approximate surface area is 378 Å². The number of hydrogen-bond donors (Lipinski definition) is 6. The first kappa shape index (κ1) is 42.6. The van der Waals surface area contributed by atoms with Crippen molar-refractivity contribution in [2.24, 2.45) is 0 Å². The fraction of sp³-hybridized carbons (Fsp3) is 0.348. The van der Waals surface area contributed by atoms with E-state index in [4.69, 9.17) is 29.5 Å². The Morgan fingerprint density at radius 3 is 1.94 bits per heavy atom. The van der Waals surface area contributed by atoms with Gasteiger partial charge in [0.2, 0.25) is 0 Å². The first-order valence-electron chi connectivity index (χ1n) is 22.1. The van der Waals surface area contributed by atoms with E-state index in [1.54, 1.807) is 36.4 Å². The van der Waals surface area contributed by atoms with E-state index in [1.165, 1.54) is 6.07 Å². The molecule has 0 amide bonds. The average molecular weight is 900 g/mol. The van der Waals surface area contributed by atoms with Crippen molar-refractivity contribution in [3.05, 3.63) is 95.1 Å². The van der Waals surface area contributed by atoms with Crippen LogP contribution in [0, 0.1) is 39.3 Å². The van der Waals surface area contributed by atoms with Gasteiger partial charge in [-0.2, -0.15) is 30.1 Å². The largest absolute Gasteiger partial charge is 0.421 e. The van der Waals surface area contributed by atoms with Gasteiger partial charge >= 0.3 is 12.0 Å². The number of H-pyrrole nitrogens is 3. The van der Waals surface area contributed by atoms with Gasteiger partial charge in [-0.3, -0.25) is 10.00 Å². The first-order chi connectivity index (χ1) is 31.9. The molecule has 0 aliphatic carbocycles.